The van der Waals surface area contributed by atoms with E-state index in [2.05, 4.69) is 6.92 Å². The van der Waals surface area contributed by atoms with Crippen LogP contribution in [-0.4, -0.2) is 49.9 Å². The van der Waals surface area contributed by atoms with Crippen LogP contribution in [0.5, 0.6) is 0 Å². The number of carbonyl (C=O) groups excluding carboxylic acids is 1. The van der Waals surface area contributed by atoms with E-state index in [1.807, 2.05) is 27.7 Å². The van der Waals surface area contributed by atoms with Gasteiger partial charge in [0.2, 0.25) is 0 Å². The fourth-order valence-corrected chi connectivity index (χ4v) is 3.48. The highest BCUT2D eigenvalue weighted by Gasteiger charge is 2.46. The summed E-state index contributed by atoms with van der Waals surface area (Å²) in [5.41, 5.74) is 0. The van der Waals surface area contributed by atoms with E-state index in [0.717, 1.165) is 0 Å². The fourth-order valence-electron chi connectivity index (χ4n) is 3.48. The van der Waals surface area contributed by atoms with Gasteiger partial charge in [0, 0.05) is 18.9 Å². The molecule has 9 atom stereocenters. The van der Waals surface area contributed by atoms with Gasteiger partial charge in [-0.3, -0.25) is 0 Å². The Kier molecular flexibility index (Phi) is 5.48. The predicted molar refractivity (Wildman–Crippen MR) is 76.8 cm³/mol. The summed E-state index contributed by atoms with van der Waals surface area (Å²) in [6.45, 7) is 10.00. The summed E-state index contributed by atoms with van der Waals surface area (Å²) in [5.74, 6) is -1.05. The maximum Gasteiger partial charge on any atom is 0.161 e. The molecular formula is C16H27O6-. The van der Waals surface area contributed by atoms with Gasteiger partial charge in [0.15, 0.2) is 6.29 Å². The minimum atomic E-state index is -1.27. The number of hydrogen-bond acceptors (Lipinski definition) is 6. The number of hydrogen-bond donors (Lipinski definition) is 0. The number of carboxylic acid groups (broad SMARTS) is 1. The summed E-state index contributed by atoms with van der Waals surface area (Å²) >= 11 is 0. The van der Waals surface area contributed by atoms with Crippen LogP contribution in [0.3, 0.4) is 0 Å². The zero-order valence-corrected chi connectivity index (χ0v) is 14.1. The molecular weight excluding hydrogens is 288 g/mol. The van der Waals surface area contributed by atoms with Crippen LogP contribution in [0.15, 0.2) is 0 Å². The molecule has 2 fully saturated rings. The van der Waals surface area contributed by atoms with Crippen LogP contribution in [0.25, 0.3) is 0 Å². The largest absolute Gasteiger partial charge is 0.547 e. The molecule has 0 N–H and O–H groups in total. The van der Waals surface area contributed by atoms with E-state index in [-0.39, 0.29) is 36.1 Å². The summed E-state index contributed by atoms with van der Waals surface area (Å²) in [6, 6.07) is 0. The SMILES string of the molecule is CO[C@@H]1[C@H](C)C(C)[C@H](OC2C(C)OC(C)C2C)O[C@H]1C(=O)[O-]. The first-order chi connectivity index (χ1) is 10.3. The van der Waals surface area contributed by atoms with Gasteiger partial charge in [-0.1, -0.05) is 20.8 Å². The van der Waals surface area contributed by atoms with Crippen LogP contribution in [0, 0.1) is 17.8 Å². The highest BCUT2D eigenvalue weighted by atomic mass is 16.7. The molecule has 0 amide bonds. The second kappa shape index (κ2) is 6.83. The topological polar surface area (TPSA) is 77.0 Å². The monoisotopic (exact) mass is 315 g/mol. The van der Waals surface area contributed by atoms with Crippen molar-refractivity contribution >= 4 is 5.97 Å². The Hall–Kier alpha value is -0.690. The number of carboxylic acids is 1. The van der Waals surface area contributed by atoms with Crippen molar-refractivity contribution in [3.63, 3.8) is 0 Å². The van der Waals surface area contributed by atoms with E-state index in [9.17, 15) is 9.90 Å². The van der Waals surface area contributed by atoms with Crippen molar-refractivity contribution in [1.29, 1.82) is 0 Å². The van der Waals surface area contributed by atoms with Gasteiger partial charge in [-0.05, 0) is 19.8 Å². The van der Waals surface area contributed by atoms with Gasteiger partial charge in [0.05, 0.1) is 30.4 Å². The van der Waals surface area contributed by atoms with Crippen molar-refractivity contribution in [2.75, 3.05) is 7.11 Å². The zero-order valence-electron chi connectivity index (χ0n) is 14.1. The quantitative estimate of drug-likeness (QED) is 0.755. The molecule has 0 saturated carbocycles. The summed E-state index contributed by atoms with van der Waals surface area (Å²) in [6.07, 6.45) is -2.30. The Morgan fingerprint density at radius 2 is 1.55 bits per heavy atom. The molecule has 6 heteroatoms. The molecule has 22 heavy (non-hydrogen) atoms. The lowest BCUT2D eigenvalue weighted by molar-refractivity contribution is -0.346. The van der Waals surface area contributed by atoms with Crippen molar-refractivity contribution in [2.45, 2.75) is 71.4 Å². The molecule has 2 heterocycles. The minimum Gasteiger partial charge on any atom is -0.547 e. The van der Waals surface area contributed by atoms with Crippen molar-refractivity contribution in [3.8, 4) is 0 Å². The Morgan fingerprint density at radius 3 is 2.00 bits per heavy atom. The van der Waals surface area contributed by atoms with Crippen molar-refractivity contribution in [3.05, 3.63) is 0 Å². The third-order valence-electron chi connectivity index (χ3n) is 5.30. The van der Waals surface area contributed by atoms with Gasteiger partial charge in [-0.2, -0.15) is 0 Å². The standard InChI is InChI=1S/C16H28O6/c1-7-8(2)16(22-14(15(17)18)13(7)19-6)21-12-9(3)10(4)20-11(12)5/h7-14,16H,1-6H3,(H,17,18)/p-1/t7-,8?,9?,10?,11?,12?,13-,14-,16-/m1/s1. The van der Waals surface area contributed by atoms with Crippen molar-refractivity contribution in [1.82, 2.24) is 0 Å². The second-order valence-electron chi connectivity index (χ2n) is 6.67. The zero-order chi connectivity index (χ0) is 16.6. The van der Waals surface area contributed by atoms with Crippen LogP contribution in [0.2, 0.25) is 0 Å². The van der Waals surface area contributed by atoms with Crippen LogP contribution in [0.4, 0.5) is 0 Å². The summed E-state index contributed by atoms with van der Waals surface area (Å²) in [5, 5.41) is 11.3. The fraction of sp³-hybridized carbons (Fsp3) is 0.938. The van der Waals surface area contributed by atoms with E-state index in [0.29, 0.717) is 0 Å². The molecule has 5 unspecified atom stereocenters. The lowest BCUT2D eigenvalue weighted by Crippen LogP contribution is -2.58. The summed E-state index contributed by atoms with van der Waals surface area (Å²) < 4.78 is 22.8. The van der Waals surface area contributed by atoms with Gasteiger partial charge in [0.25, 0.3) is 0 Å². The minimum absolute atomic E-state index is 0.0101. The first kappa shape index (κ1) is 17.7. The number of aliphatic carboxylic acids is 1. The summed E-state index contributed by atoms with van der Waals surface area (Å²) in [7, 11) is 1.49. The Balaban J connectivity index is 2.12. The van der Waals surface area contributed by atoms with Gasteiger partial charge >= 0.3 is 0 Å². The van der Waals surface area contributed by atoms with Crippen molar-refractivity contribution in [2.24, 2.45) is 17.8 Å². The Bertz CT molecular complexity index is 400. The van der Waals surface area contributed by atoms with E-state index >= 15 is 0 Å². The van der Waals surface area contributed by atoms with E-state index in [1.54, 1.807) is 0 Å². The average Bonchev–Trinajstić information content (AvgIpc) is 2.69. The van der Waals surface area contributed by atoms with E-state index in [1.165, 1.54) is 7.11 Å². The molecule has 0 radical (unpaired) electrons. The maximum absolute atomic E-state index is 11.3. The van der Waals surface area contributed by atoms with Crippen molar-refractivity contribution < 1.29 is 28.8 Å². The van der Waals surface area contributed by atoms with Gasteiger partial charge in [-0.15, -0.1) is 0 Å². The van der Waals surface area contributed by atoms with Crippen LogP contribution >= 0.6 is 0 Å². The van der Waals surface area contributed by atoms with E-state index < -0.39 is 24.5 Å². The molecule has 2 rings (SSSR count). The predicted octanol–water partition coefficient (Wildman–Crippen LogP) is 0.577. The molecule has 0 aromatic carbocycles. The lowest BCUT2D eigenvalue weighted by Gasteiger charge is -2.45. The first-order valence-corrected chi connectivity index (χ1v) is 7.98. The third kappa shape index (κ3) is 3.15. The number of methoxy groups -OCH3 is 1. The van der Waals surface area contributed by atoms with E-state index in [4.69, 9.17) is 18.9 Å². The molecule has 2 aliphatic rings. The third-order valence-corrected chi connectivity index (χ3v) is 5.30. The lowest BCUT2D eigenvalue weighted by atomic mass is 9.84. The van der Waals surface area contributed by atoms with Crippen LogP contribution in [-0.2, 0) is 23.7 Å². The highest BCUT2D eigenvalue weighted by molar-refractivity contribution is 5.71. The summed E-state index contributed by atoms with van der Waals surface area (Å²) in [4.78, 5) is 11.3. The number of ether oxygens (including phenoxy) is 4. The Labute approximate surface area is 132 Å². The molecule has 0 aliphatic carbocycles. The molecule has 0 spiro atoms. The average molecular weight is 315 g/mol. The number of rotatable bonds is 4. The molecule has 128 valence electrons. The highest BCUT2D eigenvalue weighted by Crippen LogP contribution is 2.37. The molecule has 2 saturated heterocycles. The second-order valence-corrected chi connectivity index (χ2v) is 6.67. The normalized spacial score (nSPS) is 49.3. The van der Waals surface area contributed by atoms with Gasteiger partial charge in [-0.25, -0.2) is 0 Å². The maximum atomic E-state index is 11.3. The first-order valence-electron chi connectivity index (χ1n) is 7.98. The number of carbonyl (C=O) groups is 1. The molecule has 0 aromatic heterocycles. The Morgan fingerprint density at radius 1 is 0.909 bits per heavy atom. The molecule has 2 aliphatic heterocycles. The van der Waals surface area contributed by atoms with Gasteiger partial charge < -0.3 is 28.8 Å². The molecule has 6 nitrogen and oxygen atoms in total. The van der Waals surface area contributed by atoms with Gasteiger partial charge in [0.1, 0.15) is 6.10 Å². The van der Waals surface area contributed by atoms with Crippen LogP contribution < -0.4 is 5.11 Å². The molecule has 0 aromatic rings. The van der Waals surface area contributed by atoms with Crippen LogP contribution in [0.1, 0.15) is 34.6 Å². The smallest absolute Gasteiger partial charge is 0.161 e. The molecule has 0 bridgehead atoms.